The van der Waals surface area contributed by atoms with E-state index >= 15 is 0 Å². The Balaban J connectivity index is 1.51. The lowest BCUT2D eigenvalue weighted by Crippen LogP contribution is -2.58. The molecule has 4 rings (SSSR count). The number of hydrogen-bond acceptors (Lipinski definition) is 6. The summed E-state index contributed by atoms with van der Waals surface area (Å²) in [6.45, 7) is 0.930. The van der Waals surface area contributed by atoms with Crippen molar-refractivity contribution in [3.8, 4) is 0 Å². The van der Waals surface area contributed by atoms with E-state index in [4.69, 9.17) is 19.7 Å². The largest absolute Gasteiger partial charge is 0.390 e. The highest BCUT2D eigenvalue weighted by atomic mass is 32.2. The van der Waals surface area contributed by atoms with Crippen molar-refractivity contribution in [3.05, 3.63) is 113 Å². The van der Waals surface area contributed by atoms with Gasteiger partial charge in [0.05, 0.1) is 25.9 Å². The monoisotopic (exact) mass is 477 g/mol. The second-order valence-corrected chi connectivity index (χ2v) is 9.09. The maximum absolute atomic E-state index is 11.2. The Labute approximate surface area is 203 Å². The van der Waals surface area contributed by atoms with E-state index in [1.807, 2.05) is 91.0 Å². The molecule has 1 aliphatic heterocycles. The Morgan fingerprint density at radius 3 is 2.09 bits per heavy atom. The Morgan fingerprint density at radius 1 is 0.882 bits per heavy atom. The lowest BCUT2D eigenvalue weighted by molar-refractivity contribution is -0.195. The second kappa shape index (κ2) is 12.6. The van der Waals surface area contributed by atoms with Crippen molar-refractivity contribution in [3.63, 3.8) is 0 Å². The Kier molecular flexibility index (Phi) is 8.98. The minimum Gasteiger partial charge on any atom is -0.390 e. The highest BCUT2D eigenvalue weighted by Gasteiger charge is 2.46. The molecule has 0 bridgehead atoms. The van der Waals surface area contributed by atoms with E-state index in [9.17, 15) is 5.11 Å². The van der Waals surface area contributed by atoms with Crippen molar-refractivity contribution in [2.24, 2.45) is 5.11 Å². The van der Waals surface area contributed by atoms with Gasteiger partial charge < -0.3 is 19.3 Å². The van der Waals surface area contributed by atoms with Gasteiger partial charge in [0.2, 0.25) is 0 Å². The van der Waals surface area contributed by atoms with Crippen LogP contribution in [-0.2, 0) is 27.4 Å². The highest BCUT2D eigenvalue weighted by Crippen LogP contribution is 2.36. The number of aliphatic hydroxyl groups excluding tert-OH is 1. The number of thioether (sulfide) groups is 1. The van der Waals surface area contributed by atoms with E-state index in [0.29, 0.717) is 13.2 Å². The quantitative estimate of drug-likeness (QED) is 0.241. The maximum Gasteiger partial charge on any atom is 0.119 e. The number of rotatable bonds is 10. The van der Waals surface area contributed by atoms with Gasteiger partial charge in [-0.2, -0.15) is 0 Å². The molecule has 7 nitrogen and oxygen atoms in total. The normalized spacial score (nSPS) is 24.3. The molecular formula is C26H27N3O4S. The van der Waals surface area contributed by atoms with Gasteiger partial charge in [-0.3, -0.25) is 0 Å². The minimum absolute atomic E-state index is 0.222. The average molecular weight is 478 g/mol. The maximum atomic E-state index is 11.2. The molecule has 3 aromatic rings. The van der Waals surface area contributed by atoms with Crippen molar-refractivity contribution in [1.29, 1.82) is 0 Å². The molecule has 0 spiro atoms. The zero-order valence-electron chi connectivity index (χ0n) is 18.6. The summed E-state index contributed by atoms with van der Waals surface area (Å²) in [6, 6.07) is 28.4. The number of aliphatic hydroxyl groups is 1. The number of hydrogen-bond donors (Lipinski definition) is 1. The number of azide groups is 1. The number of nitrogens with zero attached hydrogens (tertiary/aromatic N) is 3. The van der Waals surface area contributed by atoms with Crippen LogP contribution in [0.3, 0.4) is 0 Å². The molecular weight excluding hydrogens is 450 g/mol. The summed E-state index contributed by atoms with van der Waals surface area (Å²) >= 11 is 1.41. The molecule has 0 radical (unpaired) electrons. The minimum atomic E-state index is -1.06. The van der Waals surface area contributed by atoms with Gasteiger partial charge in [0.15, 0.2) is 0 Å². The van der Waals surface area contributed by atoms with Crippen molar-refractivity contribution < 1.29 is 19.3 Å². The van der Waals surface area contributed by atoms with E-state index in [1.54, 1.807) is 0 Å². The summed E-state index contributed by atoms with van der Waals surface area (Å²) in [6.07, 6.45) is -2.33. The van der Waals surface area contributed by atoms with Crippen molar-refractivity contribution in [2.45, 2.75) is 47.9 Å². The molecule has 34 heavy (non-hydrogen) atoms. The van der Waals surface area contributed by atoms with Crippen molar-refractivity contribution in [1.82, 2.24) is 0 Å². The summed E-state index contributed by atoms with van der Waals surface area (Å²) in [5.41, 5.74) is 10.6. The molecule has 1 fully saturated rings. The van der Waals surface area contributed by atoms with Gasteiger partial charge in [-0.05, 0) is 28.8 Å². The summed E-state index contributed by atoms with van der Waals surface area (Å²) in [5, 5.41) is 15.1. The van der Waals surface area contributed by atoms with Crippen LogP contribution in [0.1, 0.15) is 11.1 Å². The molecule has 1 N–H and O–H groups in total. The zero-order chi connectivity index (χ0) is 23.6. The average Bonchev–Trinajstić information content (AvgIpc) is 2.88. The molecule has 8 heteroatoms. The number of benzene rings is 3. The molecule has 0 aromatic heterocycles. The van der Waals surface area contributed by atoms with Crippen LogP contribution in [-0.4, -0.2) is 41.5 Å². The number of ether oxygens (including phenoxy) is 3. The SMILES string of the molecule is [N-]=[N+]=NC1[C@@H](O)[C@@H](OCc2ccccc2)C(COCc2ccccc2)O[C@H]1Sc1ccccc1. The molecule has 0 saturated carbocycles. The molecule has 3 aromatic carbocycles. The van der Waals surface area contributed by atoms with E-state index in [2.05, 4.69) is 10.0 Å². The molecule has 176 valence electrons. The molecule has 2 unspecified atom stereocenters. The summed E-state index contributed by atoms with van der Waals surface area (Å²) in [7, 11) is 0. The molecule has 0 amide bonds. The fourth-order valence-electron chi connectivity index (χ4n) is 3.79. The van der Waals surface area contributed by atoms with Crippen LogP contribution in [0.2, 0.25) is 0 Å². The first-order chi connectivity index (χ1) is 16.7. The molecule has 0 aliphatic carbocycles. The second-order valence-electron chi connectivity index (χ2n) is 7.92. The fraction of sp³-hybridized carbons (Fsp3) is 0.308. The summed E-state index contributed by atoms with van der Waals surface area (Å²) in [4.78, 5) is 3.92. The molecule has 1 heterocycles. The Morgan fingerprint density at radius 2 is 1.47 bits per heavy atom. The van der Waals surface area contributed by atoms with E-state index in [0.717, 1.165) is 16.0 Å². The lowest BCUT2D eigenvalue weighted by atomic mass is 9.98. The third-order valence-corrected chi connectivity index (χ3v) is 6.67. The lowest BCUT2D eigenvalue weighted by Gasteiger charge is -2.42. The third-order valence-electron chi connectivity index (χ3n) is 5.50. The topological polar surface area (TPSA) is 96.7 Å². The van der Waals surface area contributed by atoms with Gasteiger partial charge in [-0.25, -0.2) is 0 Å². The van der Waals surface area contributed by atoms with Crippen LogP contribution >= 0.6 is 11.8 Å². The molecule has 1 saturated heterocycles. The molecule has 1 aliphatic rings. The first-order valence-corrected chi connectivity index (χ1v) is 12.0. The smallest absolute Gasteiger partial charge is 0.119 e. The van der Waals surface area contributed by atoms with Crippen LogP contribution in [0.5, 0.6) is 0 Å². The van der Waals surface area contributed by atoms with Gasteiger partial charge in [0.25, 0.3) is 0 Å². The predicted octanol–water partition coefficient (Wildman–Crippen LogP) is 5.35. The van der Waals surface area contributed by atoms with Gasteiger partial charge >= 0.3 is 0 Å². The van der Waals surface area contributed by atoms with Crippen LogP contribution in [0, 0.1) is 0 Å². The van der Waals surface area contributed by atoms with Crippen LogP contribution in [0.25, 0.3) is 10.4 Å². The Hall–Kier alpha value is -2.84. The van der Waals surface area contributed by atoms with Crippen LogP contribution in [0.15, 0.2) is 101 Å². The van der Waals surface area contributed by atoms with Gasteiger partial charge in [0.1, 0.15) is 23.7 Å². The first kappa shape index (κ1) is 24.3. The van der Waals surface area contributed by atoms with E-state index in [1.165, 1.54) is 11.8 Å². The van der Waals surface area contributed by atoms with E-state index in [-0.39, 0.29) is 6.61 Å². The predicted molar refractivity (Wildman–Crippen MR) is 131 cm³/mol. The van der Waals surface area contributed by atoms with Gasteiger partial charge in [0, 0.05) is 9.81 Å². The standard InChI is InChI=1S/C26H27N3O4S/c27-29-28-23-24(30)25(32-17-20-12-6-2-7-13-20)22(18-31-16-19-10-4-1-5-11-19)33-26(23)34-21-14-8-3-9-15-21/h1-15,22-26,30H,16-18H2/t22?,23?,24-,25+,26+/m1/s1. The van der Waals surface area contributed by atoms with Crippen molar-refractivity contribution >= 4 is 11.8 Å². The van der Waals surface area contributed by atoms with Gasteiger partial charge in [-0.15, -0.1) is 0 Å². The van der Waals surface area contributed by atoms with E-state index < -0.39 is 29.8 Å². The highest BCUT2D eigenvalue weighted by molar-refractivity contribution is 7.99. The summed E-state index contributed by atoms with van der Waals surface area (Å²) in [5.74, 6) is 0. The third kappa shape index (κ3) is 6.61. The Bertz CT molecular complexity index is 1050. The van der Waals surface area contributed by atoms with Gasteiger partial charge in [-0.1, -0.05) is 95.7 Å². The fourth-order valence-corrected chi connectivity index (χ4v) is 4.93. The molecule has 5 atom stereocenters. The zero-order valence-corrected chi connectivity index (χ0v) is 19.4. The first-order valence-electron chi connectivity index (χ1n) is 11.1. The van der Waals surface area contributed by atoms with Crippen LogP contribution < -0.4 is 0 Å². The van der Waals surface area contributed by atoms with Crippen molar-refractivity contribution in [2.75, 3.05) is 6.61 Å². The summed E-state index contributed by atoms with van der Waals surface area (Å²) < 4.78 is 18.4. The van der Waals surface area contributed by atoms with Crippen LogP contribution in [0.4, 0.5) is 0 Å².